The number of likely N-dealkylation sites (tertiary alicyclic amines) is 1. The van der Waals surface area contributed by atoms with E-state index < -0.39 is 6.04 Å². The number of hydrogen-bond donors (Lipinski definition) is 2. The lowest BCUT2D eigenvalue weighted by atomic mass is 10.0. The van der Waals surface area contributed by atoms with Gasteiger partial charge in [-0.3, -0.25) is 4.79 Å². The van der Waals surface area contributed by atoms with E-state index in [-0.39, 0.29) is 11.9 Å². The maximum atomic E-state index is 12.9. The summed E-state index contributed by atoms with van der Waals surface area (Å²) in [6.45, 7) is 6.54. The Labute approximate surface area is 164 Å². The molecule has 0 bridgehead atoms. The first-order valence-corrected chi connectivity index (χ1v) is 9.45. The molecule has 5 nitrogen and oxygen atoms in total. The van der Waals surface area contributed by atoms with E-state index >= 15 is 0 Å². The Kier molecular flexibility index (Phi) is 5.71. The molecule has 0 spiro atoms. The van der Waals surface area contributed by atoms with Crippen molar-refractivity contribution in [3.05, 3.63) is 58.1 Å². The summed E-state index contributed by atoms with van der Waals surface area (Å²) in [7, 11) is 0. The lowest BCUT2D eigenvalue weighted by molar-refractivity contribution is -0.119. The van der Waals surface area contributed by atoms with Gasteiger partial charge < -0.3 is 15.5 Å². The van der Waals surface area contributed by atoms with Crippen molar-refractivity contribution in [3.63, 3.8) is 0 Å². The molecule has 6 heteroatoms. The minimum atomic E-state index is -0.482. The van der Waals surface area contributed by atoms with Gasteiger partial charge in [0.2, 0.25) is 5.91 Å². The number of carbonyl (C=O) groups excluding carboxylic acids is 2. The molecule has 27 heavy (non-hydrogen) atoms. The molecule has 0 saturated carbocycles. The van der Waals surface area contributed by atoms with Crippen molar-refractivity contribution in [2.45, 2.75) is 39.7 Å². The first-order chi connectivity index (χ1) is 12.8. The van der Waals surface area contributed by atoms with E-state index in [9.17, 15) is 9.59 Å². The number of carbonyl (C=O) groups is 2. The van der Waals surface area contributed by atoms with E-state index in [0.29, 0.717) is 23.7 Å². The molecule has 1 aliphatic heterocycles. The van der Waals surface area contributed by atoms with Crippen LogP contribution in [0.5, 0.6) is 0 Å². The fourth-order valence-electron chi connectivity index (χ4n) is 3.63. The number of benzene rings is 2. The number of amides is 3. The van der Waals surface area contributed by atoms with Gasteiger partial charge in [-0.15, -0.1) is 0 Å². The molecular weight excluding hydrogens is 362 g/mol. The van der Waals surface area contributed by atoms with Crippen LogP contribution < -0.4 is 10.6 Å². The standard InChI is InChI=1S/C21H24ClN3O2/c1-13-10-14(2)19(15(3)11-13)24-20(26)18-8-5-9-25(18)21(27)23-17-7-4-6-16(22)12-17/h4,6-7,10-12,18H,5,8-9H2,1-3H3,(H,23,27)(H,24,26). The van der Waals surface area contributed by atoms with Gasteiger partial charge in [0.1, 0.15) is 6.04 Å². The van der Waals surface area contributed by atoms with Crippen LogP contribution in [-0.4, -0.2) is 29.4 Å². The Morgan fingerprint density at radius 3 is 2.44 bits per heavy atom. The second kappa shape index (κ2) is 8.01. The average Bonchev–Trinajstić information content (AvgIpc) is 3.08. The van der Waals surface area contributed by atoms with Gasteiger partial charge in [0, 0.05) is 22.9 Å². The molecule has 1 aliphatic rings. The Bertz CT molecular complexity index is 858. The number of urea groups is 1. The third-order valence-corrected chi connectivity index (χ3v) is 5.05. The highest BCUT2D eigenvalue weighted by molar-refractivity contribution is 6.30. The molecule has 142 valence electrons. The van der Waals surface area contributed by atoms with Crippen LogP contribution in [0.25, 0.3) is 0 Å². The van der Waals surface area contributed by atoms with Crippen LogP contribution in [0, 0.1) is 20.8 Å². The van der Waals surface area contributed by atoms with Gasteiger partial charge in [-0.2, -0.15) is 0 Å². The van der Waals surface area contributed by atoms with E-state index in [1.807, 2.05) is 32.9 Å². The Balaban J connectivity index is 1.72. The number of nitrogens with one attached hydrogen (secondary N) is 2. The topological polar surface area (TPSA) is 61.4 Å². The summed E-state index contributed by atoms with van der Waals surface area (Å²) in [5.41, 5.74) is 4.64. The van der Waals surface area contributed by atoms with Gasteiger partial charge in [-0.05, 0) is 62.9 Å². The maximum absolute atomic E-state index is 12.9. The SMILES string of the molecule is Cc1cc(C)c(NC(=O)C2CCCN2C(=O)Nc2cccc(Cl)c2)c(C)c1. The summed E-state index contributed by atoms with van der Waals surface area (Å²) < 4.78 is 0. The predicted octanol–water partition coefficient (Wildman–Crippen LogP) is 4.90. The lowest BCUT2D eigenvalue weighted by Crippen LogP contribution is -2.45. The van der Waals surface area contributed by atoms with E-state index in [0.717, 1.165) is 28.8 Å². The molecule has 1 unspecified atom stereocenters. The monoisotopic (exact) mass is 385 g/mol. The van der Waals surface area contributed by atoms with Crippen molar-refractivity contribution in [3.8, 4) is 0 Å². The number of anilines is 2. The van der Waals surface area contributed by atoms with Crippen LogP contribution in [0.1, 0.15) is 29.5 Å². The number of hydrogen-bond acceptors (Lipinski definition) is 2. The molecule has 0 aromatic heterocycles. The first-order valence-electron chi connectivity index (χ1n) is 9.07. The fourth-order valence-corrected chi connectivity index (χ4v) is 3.82. The first kappa shape index (κ1) is 19.2. The Hall–Kier alpha value is -2.53. The van der Waals surface area contributed by atoms with Crippen LogP contribution >= 0.6 is 11.6 Å². The largest absolute Gasteiger partial charge is 0.324 e. The average molecular weight is 386 g/mol. The van der Waals surface area contributed by atoms with Gasteiger partial charge in [0.15, 0.2) is 0 Å². The molecule has 2 aromatic rings. The summed E-state index contributed by atoms with van der Waals surface area (Å²) in [6.07, 6.45) is 1.45. The number of halogens is 1. The van der Waals surface area contributed by atoms with Gasteiger partial charge >= 0.3 is 6.03 Å². The van der Waals surface area contributed by atoms with Gasteiger partial charge in [-0.25, -0.2) is 4.79 Å². The van der Waals surface area contributed by atoms with Gasteiger partial charge in [-0.1, -0.05) is 35.4 Å². The molecule has 1 fully saturated rings. The van der Waals surface area contributed by atoms with Crippen LogP contribution in [-0.2, 0) is 4.79 Å². The quantitative estimate of drug-likeness (QED) is 0.789. The van der Waals surface area contributed by atoms with Crippen molar-refractivity contribution in [2.24, 2.45) is 0 Å². The highest BCUT2D eigenvalue weighted by atomic mass is 35.5. The molecule has 0 aliphatic carbocycles. The molecule has 1 saturated heterocycles. The third-order valence-electron chi connectivity index (χ3n) is 4.82. The van der Waals surface area contributed by atoms with Crippen molar-refractivity contribution in [1.82, 2.24) is 4.90 Å². The van der Waals surface area contributed by atoms with Crippen LogP contribution in [0.15, 0.2) is 36.4 Å². The van der Waals surface area contributed by atoms with E-state index in [1.54, 1.807) is 29.2 Å². The molecule has 2 aromatic carbocycles. The molecule has 3 amide bonds. The third kappa shape index (κ3) is 4.42. The normalized spacial score (nSPS) is 16.3. The van der Waals surface area contributed by atoms with Gasteiger partial charge in [0.05, 0.1) is 0 Å². The minimum Gasteiger partial charge on any atom is -0.324 e. The number of nitrogens with zero attached hydrogens (tertiary/aromatic N) is 1. The summed E-state index contributed by atoms with van der Waals surface area (Å²) in [5, 5.41) is 6.40. The van der Waals surface area contributed by atoms with Crippen LogP contribution in [0.4, 0.5) is 16.2 Å². The summed E-state index contributed by atoms with van der Waals surface area (Å²) in [6, 6.07) is 10.3. The smallest absolute Gasteiger partial charge is 0.322 e. The molecule has 1 atom stereocenters. The fraction of sp³-hybridized carbons (Fsp3) is 0.333. The second-order valence-corrected chi connectivity index (χ2v) is 7.49. The van der Waals surface area contributed by atoms with Crippen LogP contribution in [0.2, 0.25) is 5.02 Å². The molecule has 2 N–H and O–H groups in total. The molecular formula is C21H24ClN3O2. The number of aryl methyl sites for hydroxylation is 3. The molecule has 0 radical (unpaired) electrons. The van der Waals surface area contributed by atoms with Crippen LogP contribution in [0.3, 0.4) is 0 Å². The lowest BCUT2D eigenvalue weighted by Gasteiger charge is -2.25. The molecule has 3 rings (SSSR count). The maximum Gasteiger partial charge on any atom is 0.322 e. The summed E-state index contributed by atoms with van der Waals surface area (Å²) in [5.74, 6) is -0.149. The zero-order chi connectivity index (χ0) is 19.6. The summed E-state index contributed by atoms with van der Waals surface area (Å²) >= 11 is 5.97. The number of rotatable bonds is 3. The van der Waals surface area contributed by atoms with Gasteiger partial charge in [0.25, 0.3) is 0 Å². The highest BCUT2D eigenvalue weighted by Gasteiger charge is 2.34. The predicted molar refractivity (Wildman–Crippen MR) is 109 cm³/mol. The van der Waals surface area contributed by atoms with Crippen molar-refractivity contribution >= 4 is 34.9 Å². The van der Waals surface area contributed by atoms with Crippen molar-refractivity contribution < 1.29 is 9.59 Å². The minimum absolute atomic E-state index is 0.149. The molecule has 1 heterocycles. The van der Waals surface area contributed by atoms with E-state index in [2.05, 4.69) is 10.6 Å². The second-order valence-electron chi connectivity index (χ2n) is 7.05. The highest BCUT2D eigenvalue weighted by Crippen LogP contribution is 2.25. The van der Waals surface area contributed by atoms with E-state index in [1.165, 1.54) is 0 Å². The zero-order valence-electron chi connectivity index (χ0n) is 15.8. The van der Waals surface area contributed by atoms with Crippen molar-refractivity contribution in [2.75, 3.05) is 17.2 Å². The van der Waals surface area contributed by atoms with E-state index in [4.69, 9.17) is 11.6 Å². The zero-order valence-corrected chi connectivity index (χ0v) is 16.6. The Morgan fingerprint density at radius 1 is 1.07 bits per heavy atom. The van der Waals surface area contributed by atoms with Crippen molar-refractivity contribution in [1.29, 1.82) is 0 Å². The Morgan fingerprint density at radius 2 is 1.78 bits per heavy atom. The summed E-state index contributed by atoms with van der Waals surface area (Å²) in [4.78, 5) is 27.1.